The normalized spacial score (nSPS) is 23.0. The number of carbonyl (C=O) groups is 1. The Morgan fingerprint density at radius 2 is 2.09 bits per heavy atom. The van der Waals surface area contributed by atoms with Crippen LogP contribution in [0.25, 0.3) is 0 Å². The number of hydrogen-bond acceptors (Lipinski definition) is 9. The summed E-state index contributed by atoms with van der Waals surface area (Å²) in [5.74, 6) is -0.349. The molecule has 0 saturated carbocycles. The molecule has 1 aliphatic heterocycles. The SMILES string of the molecule is COC(=O)C(C)NP(=O)(OCC1CC(C)C(n2ccc(N)nc2=O)O1)Oc1ccc(Cl)cc1. The van der Waals surface area contributed by atoms with E-state index in [0.29, 0.717) is 11.4 Å². The van der Waals surface area contributed by atoms with Crippen molar-refractivity contribution in [3.05, 3.63) is 52.0 Å². The first-order valence-electron chi connectivity index (χ1n) is 10.2. The number of rotatable bonds is 9. The second kappa shape index (κ2) is 10.7. The van der Waals surface area contributed by atoms with Gasteiger partial charge in [0.1, 0.15) is 23.8 Å². The highest BCUT2D eigenvalue weighted by atomic mass is 35.5. The predicted molar refractivity (Wildman–Crippen MR) is 121 cm³/mol. The molecule has 180 valence electrons. The van der Waals surface area contributed by atoms with Crippen LogP contribution in [-0.2, 0) is 23.4 Å². The van der Waals surface area contributed by atoms with Gasteiger partial charge >= 0.3 is 19.4 Å². The minimum absolute atomic E-state index is 0.0553. The molecule has 1 aromatic carbocycles. The lowest BCUT2D eigenvalue weighted by atomic mass is 10.1. The zero-order chi connectivity index (χ0) is 24.2. The Morgan fingerprint density at radius 1 is 1.39 bits per heavy atom. The van der Waals surface area contributed by atoms with Crippen molar-refractivity contribution in [2.45, 2.75) is 38.6 Å². The lowest BCUT2D eigenvalue weighted by Gasteiger charge is -2.24. The number of nitrogens with zero attached hydrogens (tertiary/aromatic N) is 2. The Balaban J connectivity index is 1.71. The average Bonchev–Trinajstić information content (AvgIpc) is 3.13. The summed E-state index contributed by atoms with van der Waals surface area (Å²) < 4.78 is 36.6. The molecular formula is C20H26ClN4O7P. The van der Waals surface area contributed by atoms with Gasteiger partial charge in [0.25, 0.3) is 0 Å². The van der Waals surface area contributed by atoms with Gasteiger partial charge in [-0.15, -0.1) is 0 Å². The monoisotopic (exact) mass is 500 g/mol. The third-order valence-electron chi connectivity index (χ3n) is 4.96. The average molecular weight is 501 g/mol. The van der Waals surface area contributed by atoms with E-state index >= 15 is 0 Å². The molecule has 0 spiro atoms. The minimum atomic E-state index is -4.03. The Bertz CT molecular complexity index is 1080. The van der Waals surface area contributed by atoms with Crippen LogP contribution in [0.2, 0.25) is 5.02 Å². The number of anilines is 1. The molecule has 5 unspecified atom stereocenters. The maximum atomic E-state index is 13.4. The third kappa shape index (κ3) is 6.55. The Hall–Kier alpha value is -2.43. The van der Waals surface area contributed by atoms with Gasteiger partial charge in [-0.05, 0) is 43.7 Å². The zero-order valence-corrected chi connectivity index (χ0v) is 20.0. The highest BCUT2D eigenvalue weighted by Gasteiger charge is 2.38. The largest absolute Gasteiger partial charge is 0.468 e. The highest BCUT2D eigenvalue weighted by molar-refractivity contribution is 7.52. The summed E-state index contributed by atoms with van der Waals surface area (Å²) in [6, 6.07) is 6.71. The van der Waals surface area contributed by atoms with Gasteiger partial charge in [0.05, 0.1) is 19.8 Å². The number of halogens is 1. The van der Waals surface area contributed by atoms with Crippen LogP contribution in [0.1, 0.15) is 26.5 Å². The van der Waals surface area contributed by atoms with Crippen molar-refractivity contribution in [1.29, 1.82) is 0 Å². The van der Waals surface area contributed by atoms with Crippen molar-refractivity contribution in [1.82, 2.24) is 14.6 Å². The summed E-state index contributed by atoms with van der Waals surface area (Å²) >= 11 is 5.89. The first kappa shape index (κ1) is 25.2. The summed E-state index contributed by atoms with van der Waals surface area (Å²) in [5.41, 5.74) is 5.02. The van der Waals surface area contributed by atoms with Crippen LogP contribution in [0, 0.1) is 5.92 Å². The third-order valence-corrected chi connectivity index (χ3v) is 6.85. The number of esters is 1. The van der Waals surface area contributed by atoms with E-state index in [-0.39, 0.29) is 24.1 Å². The number of nitrogens with two attached hydrogens (primary N) is 1. The standard InChI is InChI=1S/C20H26ClN4O7P/c1-12-10-16(31-18(12)25-9-8-17(22)23-20(25)27)11-30-33(28,24-13(2)19(26)29-3)32-15-6-4-14(21)5-7-15/h4-9,12-13,16,18H,10-11H2,1-3H3,(H,24,28)(H2,22,23,27). The molecule has 0 aliphatic carbocycles. The second-order valence-corrected chi connectivity index (χ2v) is 9.75. The lowest BCUT2D eigenvalue weighted by molar-refractivity contribution is -0.142. The molecule has 33 heavy (non-hydrogen) atoms. The molecule has 1 aromatic heterocycles. The summed E-state index contributed by atoms with van der Waals surface area (Å²) in [6.45, 7) is 3.26. The predicted octanol–water partition coefficient (Wildman–Crippen LogP) is 2.76. The molecule has 3 rings (SSSR count). The van der Waals surface area contributed by atoms with Crippen molar-refractivity contribution in [3.63, 3.8) is 0 Å². The maximum Gasteiger partial charge on any atom is 0.459 e. The van der Waals surface area contributed by atoms with Gasteiger partial charge in [-0.1, -0.05) is 18.5 Å². The van der Waals surface area contributed by atoms with E-state index in [0.717, 1.165) is 0 Å². The van der Waals surface area contributed by atoms with Gasteiger partial charge < -0.3 is 19.7 Å². The lowest BCUT2D eigenvalue weighted by Crippen LogP contribution is -2.35. The Labute approximate surface area is 195 Å². The number of nitrogens with one attached hydrogen (secondary N) is 1. The highest BCUT2D eigenvalue weighted by Crippen LogP contribution is 2.46. The van der Waals surface area contributed by atoms with Crippen LogP contribution in [-0.4, -0.2) is 41.4 Å². The number of carbonyl (C=O) groups excluding carboxylic acids is 1. The fraction of sp³-hybridized carbons (Fsp3) is 0.450. The van der Waals surface area contributed by atoms with E-state index in [1.165, 1.54) is 43.0 Å². The van der Waals surface area contributed by atoms with Crippen molar-refractivity contribution in [2.75, 3.05) is 19.5 Å². The fourth-order valence-corrected chi connectivity index (χ4v) is 5.00. The first-order valence-corrected chi connectivity index (χ1v) is 12.1. The smallest absolute Gasteiger partial charge is 0.459 e. The topological polar surface area (TPSA) is 144 Å². The summed E-state index contributed by atoms with van der Waals surface area (Å²) in [7, 11) is -2.81. The van der Waals surface area contributed by atoms with Crippen LogP contribution in [0.4, 0.5) is 5.82 Å². The van der Waals surface area contributed by atoms with Gasteiger partial charge in [0.2, 0.25) is 0 Å². The fourth-order valence-electron chi connectivity index (χ4n) is 3.36. The molecule has 11 nitrogen and oxygen atoms in total. The molecule has 0 bridgehead atoms. The minimum Gasteiger partial charge on any atom is -0.468 e. The molecule has 3 N–H and O–H groups in total. The molecule has 1 aliphatic rings. The van der Waals surface area contributed by atoms with E-state index in [4.69, 9.17) is 31.1 Å². The van der Waals surface area contributed by atoms with Crippen LogP contribution >= 0.6 is 19.3 Å². The van der Waals surface area contributed by atoms with Gasteiger partial charge in [0, 0.05) is 17.1 Å². The summed E-state index contributed by atoms with van der Waals surface area (Å²) in [5, 5.41) is 3.04. The Morgan fingerprint density at radius 3 is 2.73 bits per heavy atom. The van der Waals surface area contributed by atoms with Crippen molar-refractivity contribution in [3.8, 4) is 5.75 Å². The van der Waals surface area contributed by atoms with Gasteiger partial charge in [-0.25, -0.2) is 9.36 Å². The van der Waals surface area contributed by atoms with Crippen LogP contribution < -0.4 is 21.0 Å². The van der Waals surface area contributed by atoms with E-state index in [1.807, 2.05) is 6.92 Å². The molecule has 1 saturated heterocycles. The molecule has 0 radical (unpaired) electrons. The second-order valence-electron chi connectivity index (χ2n) is 7.62. The molecule has 1 fully saturated rings. The number of hydrogen-bond donors (Lipinski definition) is 2. The van der Waals surface area contributed by atoms with Crippen LogP contribution in [0.3, 0.4) is 0 Å². The van der Waals surface area contributed by atoms with Gasteiger partial charge in [-0.3, -0.25) is 13.9 Å². The zero-order valence-electron chi connectivity index (χ0n) is 18.3. The number of aromatic nitrogens is 2. The molecule has 5 atom stereocenters. The number of ether oxygens (including phenoxy) is 2. The molecule has 13 heteroatoms. The number of nitrogen functional groups attached to an aromatic ring is 1. The Kier molecular flexibility index (Phi) is 8.14. The first-order chi connectivity index (χ1) is 15.6. The maximum absolute atomic E-state index is 13.4. The number of benzene rings is 1. The molecule has 0 amide bonds. The molecular weight excluding hydrogens is 475 g/mol. The van der Waals surface area contributed by atoms with E-state index in [2.05, 4.69) is 14.8 Å². The quantitative estimate of drug-likeness (QED) is 0.389. The van der Waals surface area contributed by atoms with E-state index in [1.54, 1.807) is 12.1 Å². The summed E-state index contributed by atoms with van der Waals surface area (Å²) in [6.07, 6.45) is 0.961. The van der Waals surface area contributed by atoms with Gasteiger partial charge in [0.15, 0.2) is 0 Å². The van der Waals surface area contributed by atoms with Crippen molar-refractivity contribution < 1.29 is 27.9 Å². The number of methoxy groups -OCH3 is 1. The van der Waals surface area contributed by atoms with E-state index < -0.39 is 37.8 Å². The van der Waals surface area contributed by atoms with Crippen LogP contribution in [0.5, 0.6) is 5.75 Å². The molecule has 2 aromatic rings. The van der Waals surface area contributed by atoms with Crippen molar-refractivity contribution >= 4 is 31.1 Å². The van der Waals surface area contributed by atoms with Crippen molar-refractivity contribution in [2.24, 2.45) is 5.92 Å². The van der Waals surface area contributed by atoms with E-state index in [9.17, 15) is 14.2 Å². The molecule has 2 heterocycles. The van der Waals surface area contributed by atoms with Crippen LogP contribution in [0.15, 0.2) is 41.3 Å². The summed E-state index contributed by atoms with van der Waals surface area (Å²) in [4.78, 5) is 27.7. The van der Waals surface area contributed by atoms with Gasteiger partial charge in [-0.2, -0.15) is 10.1 Å².